The summed E-state index contributed by atoms with van der Waals surface area (Å²) in [6.45, 7) is 6.05. The maximum Gasteiger partial charge on any atom is 0.404 e. The Hall–Kier alpha value is -1.02. The number of nitrogens with zero attached hydrogens (tertiary/aromatic N) is 4. The van der Waals surface area contributed by atoms with Crippen molar-refractivity contribution >= 4 is 5.91 Å². The zero-order valence-corrected chi connectivity index (χ0v) is 23.7. The topological polar surface area (TPSA) is 75.4 Å². The minimum atomic E-state index is -4.37. The molecule has 8 atom stereocenters. The lowest BCUT2D eigenvalue weighted by Crippen LogP contribution is -2.65. The van der Waals surface area contributed by atoms with E-state index in [0.717, 1.165) is 84.6 Å². The number of amides is 1. The average molecular weight is 570 g/mol. The van der Waals surface area contributed by atoms with Crippen molar-refractivity contribution in [2.24, 2.45) is 23.2 Å². The van der Waals surface area contributed by atoms with Crippen LogP contribution in [0.3, 0.4) is 0 Å². The Balaban J connectivity index is 1.06. The predicted molar refractivity (Wildman–Crippen MR) is 143 cm³/mol. The van der Waals surface area contributed by atoms with E-state index in [1.165, 1.54) is 6.42 Å². The van der Waals surface area contributed by atoms with E-state index < -0.39 is 30.2 Å². The van der Waals surface area contributed by atoms with Crippen molar-refractivity contribution in [1.82, 2.24) is 35.8 Å². The average Bonchev–Trinajstić information content (AvgIpc) is 3.63. The number of piperidine rings is 1. The van der Waals surface area contributed by atoms with E-state index in [0.29, 0.717) is 18.4 Å². The Morgan fingerprint density at radius 1 is 1.00 bits per heavy atom. The molecule has 0 aromatic heterocycles. The summed E-state index contributed by atoms with van der Waals surface area (Å²) < 4.78 is 49.2. The van der Waals surface area contributed by atoms with Crippen LogP contribution in [0.15, 0.2) is 0 Å². The van der Waals surface area contributed by atoms with Crippen molar-refractivity contribution in [2.75, 3.05) is 59.7 Å². The highest BCUT2D eigenvalue weighted by Gasteiger charge is 2.59. The summed E-state index contributed by atoms with van der Waals surface area (Å²) in [5.74, 6) is -0.877. The Bertz CT molecular complexity index is 951. The highest BCUT2D eigenvalue weighted by atomic mass is 19.4. The summed E-state index contributed by atoms with van der Waals surface area (Å²) in [5.41, 5.74) is 6.66. The lowest BCUT2D eigenvalue weighted by Gasteiger charge is -2.52. The van der Waals surface area contributed by atoms with Crippen LogP contribution in [0.25, 0.3) is 0 Å². The summed E-state index contributed by atoms with van der Waals surface area (Å²) in [4.78, 5) is 22.8. The third kappa shape index (κ3) is 4.89. The predicted octanol–water partition coefficient (Wildman–Crippen LogP) is 1.38. The third-order valence-electron chi connectivity index (χ3n) is 11.7. The number of hydrazine groups is 1. The Morgan fingerprint density at radius 2 is 1.80 bits per heavy atom. The highest BCUT2D eigenvalue weighted by Crippen LogP contribution is 2.50. The maximum atomic E-state index is 14.5. The van der Waals surface area contributed by atoms with Gasteiger partial charge in [-0.05, 0) is 64.5 Å². The zero-order chi connectivity index (χ0) is 27.6. The molecule has 6 saturated heterocycles. The number of halogens is 3. The normalized spacial score (nSPS) is 43.1. The van der Waals surface area contributed by atoms with Crippen LogP contribution >= 0.6 is 0 Å². The van der Waals surface area contributed by atoms with E-state index in [9.17, 15) is 18.0 Å². The van der Waals surface area contributed by atoms with E-state index in [2.05, 4.69) is 37.9 Å². The van der Waals surface area contributed by atoms with Gasteiger partial charge in [0.15, 0.2) is 0 Å². The van der Waals surface area contributed by atoms with Gasteiger partial charge in [0.1, 0.15) is 6.04 Å². The number of alkyl halides is 3. The third-order valence-corrected chi connectivity index (χ3v) is 11.7. The summed E-state index contributed by atoms with van der Waals surface area (Å²) >= 11 is 0. The number of likely N-dealkylation sites (tertiary alicyclic amines) is 1. The van der Waals surface area contributed by atoms with E-state index >= 15 is 0 Å². The van der Waals surface area contributed by atoms with Crippen molar-refractivity contribution in [2.45, 2.75) is 88.0 Å². The number of fused-ring (bicyclic) bond motifs is 2. The van der Waals surface area contributed by atoms with Gasteiger partial charge in [-0.1, -0.05) is 6.42 Å². The first-order valence-electron chi connectivity index (χ1n) is 15.6. The molecule has 6 aliphatic heterocycles. The number of carbonyl (C=O) groups excluding carboxylic acids is 1. The number of hydrogen-bond acceptors (Lipinski definition) is 8. The lowest BCUT2D eigenvalue weighted by atomic mass is 9.64. The van der Waals surface area contributed by atoms with Crippen molar-refractivity contribution in [3.63, 3.8) is 0 Å². The Kier molecular flexibility index (Phi) is 7.37. The van der Waals surface area contributed by atoms with Gasteiger partial charge in [-0.25, -0.2) is 10.9 Å². The summed E-state index contributed by atoms with van der Waals surface area (Å²) in [6.07, 6.45) is 3.09. The number of carbonyl (C=O) groups is 1. The molecule has 7 aliphatic rings. The van der Waals surface area contributed by atoms with E-state index in [1.807, 2.05) is 4.90 Å². The van der Waals surface area contributed by atoms with Gasteiger partial charge in [-0.3, -0.25) is 24.8 Å². The second-order valence-corrected chi connectivity index (χ2v) is 13.9. The van der Waals surface area contributed by atoms with Crippen LogP contribution in [0.5, 0.6) is 0 Å². The molecule has 0 radical (unpaired) electrons. The highest BCUT2D eigenvalue weighted by molar-refractivity contribution is 5.82. The van der Waals surface area contributed by atoms with Crippen molar-refractivity contribution in [3.8, 4) is 0 Å². The summed E-state index contributed by atoms with van der Waals surface area (Å²) in [5, 5.41) is 3.02. The van der Waals surface area contributed by atoms with Crippen LogP contribution in [0.2, 0.25) is 0 Å². The van der Waals surface area contributed by atoms with Crippen molar-refractivity contribution in [1.29, 1.82) is 0 Å². The molecule has 7 fully saturated rings. The van der Waals surface area contributed by atoms with Crippen LogP contribution in [0.4, 0.5) is 13.2 Å². The molecule has 1 aliphatic carbocycles. The van der Waals surface area contributed by atoms with Gasteiger partial charge >= 0.3 is 6.18 Å². The standard InChI is InChI=1S/C28H46F3N7O2/c1-35-17-32-34-24(35)12-27(15-40-16-27)18-4-2-5-19(10-18)38-14-22-21(26(38)39)11-23(33-25(22)28(29,30)31)37-9-8-36-7-3-6-20(36)13-37/h18-25,32-34H,2-17H2,1H3/t18?,19?,20-,21?,22?,23?,24?,25?/m1/s1. The molecule has 0 spiro atoms. The fourth-order valence-corrected chi connectivity index (χ4v) is 9.30. The number of ether oxygens (including phenoxy) is 1. The molecule has 12 heteroatoms. The van der Waals surface area contributed by atoms with Gasteiger partial charge in [0, 0.05) is 55.5 Å². The lowest BCUT2D eigenvalue weighted by molar-refractivity contribution is -0.185. The number of hydrogen-bond donors (Lipinski definition) is 3. The Labute approximate surface area is 235 Å². The van der Waals surface area contributed by atoms with Crippen LogP contribution in [-0.2, 0) is 9.53 Å². The summed E-state index contributed by atoms with van der Waals surface area (Å²) in [7, 11) is 2.10. The molecule has 7 rings (SSSR count). The molecule has 6 heterocycles. The molecule has 1 saturated carbocycles. The van der Waals surface area contributed by atoms with Crippen LogP contribution < -0.4 is 16.2 Å². The van der Waals surface area contributed by atoms with Gasteiger partial charge in [-0.2, -0.15) is 13.2 Å². The molecule has 1 amide bonds. The van der Waals surface area contributed by atoms with E-state index in [4.69, 9.17) is 4.74 Å². The largest absolute Gasteiger partial charge is 0.404 e. The number of piperazine rings is 1. The van der Waals surface area contributed by atoms with E-state index in [1.54, 1.807) is 0 Å². The molecular weight excluding hydrogens is 523 g/mol. The smallest absolute Gasteiger partial charge is 0.380 e. The first kappa shape index (κ1) is 27.8. The molecule has 9 nitrogen and oxygen atoms in total. The van der Waals surface area contributed by atoms with Crippen LogP contribution in [-0.4, -0.2) is 122 Å². The van der Waals surface area contributed by atoms with Gasteiger partial charge in [0.2, 0.25) is 5.91 Å². The zero-order valence-electron chi connectivity index (χ0n) is 23.7. The molecular formula is C28H46F3N7O2. The first-order valence-corrected chi connectivity index (χ1v) is 15.6. The van der Waals surface area contributed by atoms with Gasteiger partial charge < -0.3 is 9.64 Å². The maximum absolute atomic E-state index is 14.5. The molecule has 0 aromatic rings. The fraction of sp³-hybridized carbons (Fsp3) is 0.964. The summed E-state index contributed by atoms with van der Waals surface area (Å²) in [6, 6.07) is -1.17. The van der Waals surface area contributed by atoms with Crippen LogP contribution in [0.1, 0.15) is 51.4 Å². The first-order chi connectivity index (χ1) is 19.2. The minimum absolute atomic E-state index is 0.0242. The van der Waals surface area contributed by atoms with Gasteiger partial charge in [0.05, 0.1) is 32.2 Å². The second kappa shape index (κ2) is 10.6. The monoisotopic (exact) mass is 569 g/mol. The number of nitrogens with one attached hydrogen (secondary N) is 3. The molecule has 40 heavy (non-hydrogen) atoms. The van der Waals surface area contributed by atoms with Crippen molar-refractivity contribution in [3.05, 3.63) is 0 Å². The van der Waals surface area contributed by atoms with E-state index in [-0.39, 0.29) is 30.1 Å². The quantitative estimate of drug-likeness (QED) is 0.459. The molecule has 7 unspecified atom stereocenters. The van der Waals surface area contributed by atoms with Crippen molar-refractivity contribution < 1.29 is 22.7 Å². The molecule has 0 bridgehead atoms. The van der Waals surface area contributed by atoms with Gasteiger partial charge in [0.25, 0.3) is 0 Å². The van der Waals surface area contributed by atoms with Gasteiger partial charge in [-0.15, -0.1) is 0 Å². The van der Waals surface area contributed by atoms with Crippen LogP contribution in [0, 0.1) is 23.2 Å². The number of rotatable bonds is 5. The fourth-order valence-electron chi connectivity index (χ4n) is 9.30. The molecule has 226 valence electrons. The molecule has 0 aromatic carbocycles. The SMILES string of the molecule is CN1CNNC1CC1(C2CCCC(N3CC4C(CC(N5CCN6CCC[C@@H]6C5)NC4C(F)(F)F)C3=O)C2)COC1. The second-order valence-electron chi connectivity index (χ2n) is 13.9. The molecule has 3 N–H and O–H groups in total. The Morgan fingerprint density at radius 3 is 2.52 bits per heavy atom. The minimum Gasteiger partial charge on any atom is -0.380 e.